The van der Waals surface area contributed by atoms with Gasteiger partial charge in [0, 0.05) is 22.8 Å². The highest BCUT2D eigenvalue weighted by atomic mass is 35.5. The predicted octanol–water partition coefficient (Wildman–Crippen LogP) is 1.90. The van der Waals surface area contributed by atoms with E-state index in [1.165, 1.54) is 16.2 Å². The number of carboxylic acid groups (broad SMARTS) is 1. The molecule has 2 heterocycles. The average molecular weight is 234 g/mol. The number of rotatable bonds is 1. The molecular formula is C9H12ClNO2S. The average Bonchev–Trinajstić information content (AvgIpc) is 2.46. The topological polar surface area (TPSA) is 49.3 Å². The van der Waals surface area contributed by atoms with Gasteiger partial charge < -0.3 is 10.4 Å². The Hall–Kier alpha value is -0.580. The van der Waals surface area contributed by atoms with Gasteiger partial charge in [-0.25, -0.2) is 4.79 Å². The molecule has 1 aliphatic rings. The normalized spacial score (nSPS) is 19.6. The van der Waals surface area contributed by atoms with Crippen molar-refractivity contribution in [1.29, 1.82) is 0 Å². The Kier molecular flexibility index (Phi) is 3.53. The van der Waals surface area contributed by atoms with Crippen LogP contribution in [0.2, 0.25) is 0 Å². The Labute approximate surface area is 92.5 Å². The molecule has 0 radical (unpaired) electrons. The first-order valence-corrected chi connectivity index (χ1v) is 5.12. The summed E-state index contributed by atoms with van der Waals surface area (Å²) in [7, 11) is 0. The number of nitrogens with one attached hydrogen (secondary N) is 1. The third kappa shape index (κ3) is 1.92. The van der Waals surface area contributed by atoms with Gasteiger partial charge in [-0.15, -0.1) is 23.7 Å². The molecule has 1 unspecified atom stereocenters. The van der Waals surface area contributed by atoms with E-state index in [4.69, 9.17) is 5.11 Å². The number of fused-ring (bicyclic) bond motifs is 1. The Morgan fingerprint density at radius 1 is 1.71 bits per heavy atom. The summed E-state index contributed by atoms with van der Waals surface area (Å²) in [6.45, 7) is 2.89. The van der Waals surface area contributed by atoms with E-state index >= 15 is 0 Å². The zero-order chi connectivity index (χ0) is 9.42. The molecule has 0 spiro atoms. The number of hydrogen-bond donors (Lipinski definition) is 2. The van der Waals surface area contributed by atoms with Crippen LogP contribution in [-0.4, -0.2) is 17.1 Å². The number of thiophene rings is 1. The zero-order valence-electron chi connectivity index (χ0n) is 7.74. The monoisotopic (exact) mass is 233 g/mol. The minimum Gasteiger partial charge on any atom is -0.478 e. The summed E-state index contributed by atoms with van der Waals surface area (Å²) >= 11 is 1.54. The number of carboxylic acids is 1. The van der Waals surface area contributed by atoms with Gasteiger partial charge in [-0.3, -0.25) is 0 Å². The van der Waals surface area contributed by atoms with Crippen LogP contribution in [0.25, 0.3) is 0 Å². The smallest absolute Gasteiger partial charge is 0.336 e. The van der Waals surface area contributed by atoms with Gasteiger partial charge in [-0.1, -0.05) is 0 Å². The molecule has 0 aliphatic carbocycles. The largest absolute Gasteiger partial charge is 0.478 e. The van der Waals surface area contributed by atoms with E-state index in [-0.39, 0.29) is 12.4 Å². The summed E-state index contributed by atoms with van der Waals surface area (Å²) in [5.41, 5.74) is 1.53. The molecular weight excluding hydrogens is 222 g/mol. The van der Waals surface area contributed by atoms with Crippen LogP contribution in [0.5, 0.6) is 0 Å². The lowest BCUT2D eigenvalue weighted by Gasteiger charge is -2.20. The van der Waals surface area contributed by atoms with Crippen LogP contribution >= 0.6 is 23.7 Å². The predicted molar refractivity (Wildman–Crippen MR) is 58.5 cm³/mol. The van der Waals surface area contributed by atoms with Gasteiger partial charge in [0.1, 0.15) is 0 Å². The highest BCUT2D eigenvalue weighted by Crippen LogP contribution is 2.27. The Balaban J connectivity index is 0.000000980. The molecule has 0 amide bonds. The highest BCUT2D eigenvalue weighted by Gasteiger charge is 2.22. The maximum absolute atomic E-state index is 10.8. The number of aromatic carboxylic acids is 1. The minimum atomic E-state index is -0.799. The SMILES string of the molecule is CC1Cc2c(C(=O)O)csc2CN1.Cl. The molecule has 3 nitrogen and oxygen atoms in total. The summed E-state index contributed by atoms with van der Waals surface area (Å²) in [4.78, 5) is 12.0. The van der Waals surface area contributed by atoms with Crippen molar-refractivity contribution in [3.63, 3.8) is 0 Å². The maximum Gasteiger partial charge on any atom is 0.336 e. The van der Waals surface area contributed by atoms with Crippen LogP contribution in [0.4, 0.5) is 0 Å². The molecule has 0 saturated carbocycles. The van der Waals surface area contributed by atoms with E-state index in [0.29, 0.717) is 11.6 Å². The summed E-state index contributed by atoms with van der Waals surface area (Å²) in [5.74, 6) is -0.799. The Morgan fingerprint density at radius 3 is 3.07 bits per heavy atom. The van der Waals surface area contributed by atoms with Crippen molar-refractivity contribution >= 4 is 29.7 Å². The fourth-order valence-corrected chi connectivity index (χ4v) is 2.62. The minimum absolute atomic E-state index is 0. The van der Waals surface area contributed by atoms with Crippen molar-refractivity contribution < 1.29 is 9.90 Å². The fraction of sp³-hybridized carbons (Fsp3) is 0.444. The van der Waals surface area contributed by atoms with E-state index in [9.17, 15) is 4.79 Å². The van der Waals surface area contributed by atoms with Crippen molar-refractivity contribution in [2.24, 2.45) is 0 Å². The van der Waals surface area contributed by atoms with Gasteiger partial charge in [0.05, 0.1) is 5.56 Å². The second-order valence-corrected chi connectivity index (χ2v) is 4.31. The van der Waals surface area contributed by atoms with Crippen LogP contribution in [-0.2, 0) is 13.0 Å². The third-order valence-corrected chi connectivity index (χ3v) is 3.36. The summed E-state index contributed by atoms with van der Waals surface area (Å²) in [6, 6.07) is 0.389. The van der Waals surface area contributed by atoms with Crippen molar-refractivity contribution in [2.75, 3.05) is 0 Å². The molecule has 1 aromatic heterocycles. The molecule has 5 heteroatoms. The first-order valence-electron chi connectivity index (χ1n) is 4.24. The number of carbonyl (C=O) groups is 1. The number of hydrogen-bond acceptors (Lipinski definition) is 3. The zero-order valence-corrected chi connectivity index (χ0v) is 9.37. The lowest BCUT2D eigenvalue weighted by molar-refractivity contribution is 0.0696. The van der Waals surface area contributed by atoms with Gasteiger partial charge in [-0.05, 0) is 18.9 Å². The molecule has 14 heavy (non-hydrogen) atoms. The molecule has 1 aliphatic heterocycles. The van der Waals surface area contributed by atoms with Crippen LogP contribution in [0.15, 0.2) is 5.38 Å². The van der Waals surface area contributed by atoms with Crippen molar-refractivity contribution in [3.8, 4) is 0 Å². The van der Waals surface area contributed by atoms with Crippen LogP contribution in [0, 0.1) is 0 Å². The van der Waals surface area contributed by atoms with Gasteiger partial charge in [0.2, 0.25) is 0 Å². The summed E-state index contributed by atoms with van der Waals surface area (Å²) in [6.07, 6.45) is 0.834. The molecule has 0 saturated heterocycles. The van der Waals surface area contributed by atoms with Gasteiger partial charge in [0.25, 0.3) is 0 Å². The van der Waals surface area contributed by atoms with Gasteiger partial charge in [0.15, 0.2) is 0 Å². The molecule has 0 aromatic carbocycles. The van der Waals surface area contributed by atoms with Crippen LogP contribution < -0.4 is 5.32 Å². The quantitative estimate of drug-likeness (QED) is 0.779. The van der Waals surface area contributed by atoms with Gasteiger partial charge in [-0.2, -0.15) is 0 Å². The van der Waals surface area contributed by atoms with E-state index in [0.717, 1.165) is 18.5 Å². The van der Waals surface area contributed by atoms with E-state index in [1.54, 1.807) is 5.38 Å². The van der Waals surface area contributed by atoms with E-state index in [1.807, 2.05) is 0 Å². The van der Waals surface area contributed by atoms with Crippen LogP contribution in [0.1, 0.15) is 27.7 Å². The molecule has 0 fully saturated rings. The van der Waals surface area contributed by atoms with Crippen LogP contribution in [0.3, 0.4) is 0 Å². The highest BCUT2D eigenvalue weighted by molar-refractivity contribution is 7.10. The molecule has 1 atom stereocenters. The molecule has 78 valence electrons. The second-order valence-electron chi connectivity index (χ2n) is 3.34. The summed E-state index contributed by atoms with van der Waals surface area (Å²) < 4.78 is 0. The molecule has 0 bridgehead atoms. The summed E-state index contributed by atoms with van der Waals surface area (Å²) in [5, 5.41) is 14.0. The molecule has 2 N–H and O–H groups in total. The maximum atomic E-state index is 10.8. The third-order valence-electron chi connectivity index (χ3n) is 2.33. The Morgan fingerprint density at radius 2 is 2.43 bits per heavy atom. The molecule has 2 rings (SSSR count). The van der Waals surface area contributed by atoms with Crippen molar-refractivity contribution in [1.82, 2.24) is 5.32 Å². The fourth-order valence-electron chi connectivity index (χ4n) is 1.62. The van der Waals surface area contributed by atoms with Crippen molar-refractivity contribution in [3.05, 3.63) is 21.4 Å². The second kappa shape index (κ2) is 4.29. The number of halogens is 1. The Bertz CT molecular complexity index is 351. The molecule has 1 aromatic rings. The van der Waals surface area contributed by atoms with E-state index in [2.05, 4.69) is 12.2 Å². The van der Waals surface area contributed by atoms with E-state index < -0.39 is 5.97 Å². The first kappa shape index (κ1) is 11.5. The first-order chi connectivity index (χ1) is 6.18. The lowest BCUT2D eigenvalue weighted by Crippen LogP contribution is -2.32. The van der Waals surface area contributed by atoms with Crippen molar-refractivity contribution in [2.45, 2.75) is 25.9 Å². The lowest BCUT2D eigenvalue weighted by atomic mass is 10.00. The van der Waals surface area contributed by atoms with Gasteiger partial charge >= 0.3 is 5.97 Å². The standard InChI is InChI=1S/C9H11NO2S.ClH/c1-5-2-6-7(9(11)12)4-13-8(6)3-10-5;/h4-5,10H,2-3H2,1H3,(H,11,12);1H.